The number of amides is 1. The molecule has 1 aromatic carbocycles. The van der Waals surface area contributed by atoms with E-state index in [0.717, 1.165) is 19.4 Å². The Morgan fingerprint density at radius 2 is 2.32 bits per heavy atom. The summed E-state index contributed by atoms with van der Waals surface area (Å²) in [5.74, 6) is 0.221. The zero-order chi connectivity index (χ0) is 13.8. The number of hydrogen-bond donors (Lipinski definition) is 2. The number of carbonyl (C=O) groups excluding carboxylic acids is 1. The van der Waals surface area contributed by atoms with Crippen molar-refractivity contribution in [2.24, 2.45) is 5.92 Å². The average Bonchev–Trinajstić information content (AvgIpc) is 2.86. The molecule has 0 aliphatic carbocycles. The van der Waals surface area contributed by atoms with Gasteiger partial charge in [-0.3, -0.25) is 4.79 Å². The van der Waals surface area contributed by atoms with Gasteiger partial charge in [0, 0.05) is 19.1 Å². The van der Waals surface area contributed by atoms with Crippen LogP contribution < -0.4 is 5.32 Å². The minimum atomic E-state index is -0.219. The predicted octanol–water partition coefficient (Wildman–Crippen LogP) is 2.25. The minimum Gasteiger partial charge on any atom is -0.507 e. The number of aromatic hydroxyl groups is 1. The van der Waals surface area contributed by atoms with Gasteiger partial charge in [-0.25, -0.2) is 0 Å². The fraction of sp³-hybridized carbons (Fsp3) is 0.533. The van der Waals surface area contributed by atoms with Crippen LogP contribution in [-0.4, -0.2) is 30.3 Å². The molecule has 1 aliphatic heterocycles. The van der Waals surface area contributed by atoms with E-state index in [2.05, 4.69) is 12.2 Å². The second-order valence-corrected chi connectivity index (χ2v) is 5.05. The Kier molecular flexibility index (Phi) is 4.43. The molecule has 1 amide bonds. The van der Waals surface area contributed by atoms with Crippen LogP contribution in [0.2, 0.25) is 0 Å². The number of aryl methyl sites for hydroxylation is 1. The maximum Gasteiger partial charge on any atom is 0.255 e. The highest BCUT2D eigenvalue weighted by Gasteiger charge is 2.27. The molecule has 104 valence electrons. The summed E-state index contributed by atoms with van der Waals surface area (Å²) >= 11 is 0. The molecule has 4 heteroatoms. The van der Waals surface area contributed by atoms with Crippen LogP contribution in [0.25, 0.3) is 0 Å². The zero-order valence-corrected chi connectivity index (χ0v) is 11.5. The predicted molar refractivity (Wildman–Crippen MR) is 73.3 cm³/mol. The molecule has 0 saturated carbocycles. The molecule has 1 aliphatic rings. The van der Waals surface area contributed by atoms with Crippen LogP contribution in [0.1, 0.15) is 35.7 Å². The van der Waals surface area contributed by atoms with Gasteiger partial charge in [0.25, 0.3) is 5.91 Å². The van der Waals surface area contributed by atoms with Crippen molar-refractivity contribution in [1.82, 2.24) is 5.32 Å². The number of hydrogen-bond acceptors (Lipinski definition) is 3. The Bertz CT molecular complexity index is 459. The van der Waals surface area contributed by atoms with Gasteiger partial charge in [0.05, 0.1) is 11.7 Å². The maximum atomic E-state index is 12.1. The summed E-state index contributed by atoms with van der Waals surface area (Å²) in [7, 11) is 0. The molecule has 19 heavy (non-hydrogen) atoms. The second kappa shape index (κ2) is 6.06. The molecule has 1 saturated heterocycles. The van der Waals surface area contributed by atoms with Crippen LogP contribution >= 0.6 is 0 Å². The van der Waals surface area contributed by atoms with Gasteiger partial charge < -0.3 is 15.2 Å². The van der Waals surface area contributed by atoms with Crippen LogP contribution in [-0.2, 0) is 4.74 Å². The van der Waals surface area contributed by atoms with E-state index >= 15 is 0 Å². The van der Waals surface area contributed by atoms with Gasteiger partial charge in [-0.05, 0) is 31.4 Å². The normalized spacial score (nSPS) is 22.4. The highest BCUT2D eigenvalue weighted by molar-refractivity contribution is 5.97. The van der Waals surface area contributed by atoms with Crippen molar-refractivity contribution in [3.05, 3.63) is 29.3 Å². The van der Waals surface area contributed by atoms with Gasteiger partial charge in [0.15, 0.2) is 0 Å². The highest BCUT2D eigenvalue weighted by Crippen LogP contribution is 2.24. The molecular formula is C15H21NO3. The molecule has 2 unspecified atom stereocenters. The molecule has 0 bridgehead atoms. The quantitative estimate of drug-likeness (QED) is 0.876. The van der Waals surface area contributed by atoms with E-state index in [9.17, 15) is 9.90 Å². The van der Waals surface area contributed by atoms with Crippen molar-refractivity contribution in [2.45, 2.75) is 32.8 Å². The van der Waals surface area contributed by atoms with E-state index in [1.54, 1.807) is 25.1 Å². The second-order valence-electron chi connectivity index (χ2n) is 5.05. The fourth-order valence-corrected chi connectivity index (χ4v) is 2.54. The first kappa shape index (κ1) is 13.9. The molecule has 2 atom stereocenters. The van der Waals surface area contributed by atoms with Crippen molar-refractivity contribution < 1.29 is 14.6 Å². The van der Waals surface area contributed by atoms with E-state index in [1.807, 2.05) is 0 Å². The lowest BCUT2D eigenvalue weighted by Gasteiger charge is -2.17. The highest BCUT2D eigenvalue weighted by atomic mass is 16.5. The number of nitrogens with one attached hydrogen (secondary N) is 1. The Balaban J connectivity index is 1.96. The minimum absolute atomic E-state index is 0.0645. The maximum absolute atomic E-state index is 12.1. The molecule has 1 fully saturated rings. The molecule has 4 nitrogen and oxygen atoms in total. The molecule has 0 radical (unpaired) electrons. The van der Waals surface area contributed by atoms with Gasteiger partial charge >= 0.3 is 0 Å². The van der Waals surface area contributed by atoms with Crippen molar-refractivity contribution in [3.8, 4) is 5.75 Å². The van der Waals surface area contributed by atoms with E-state index in [4.69, 9.17) is 4.74 Å². The molecular weight excluding hydrogens is 242 g/mol. The molecule has 0 spiro atoms. The third kappa shape index (κ3) is 3.07. The van der Waals surface area contributed by atoms with Gasteiger partial charge in [0.1, 0.15) is 5.75 Å². The lowest BCUT2D eigenvalue weighted by Crippen LogP contribution is -2.32. The number of phenolic OH excluding ortho intramolecular Hbond substituents is 1. The van der Waals surface area contributed by atoms with Crippen molar-refractivity contribution in [2.75, 3.05) is 13.2 Å². The van der Waals surface area contributed by atoms with E-state index in [0.29, 0.717) is 23.6 Å². The Hall–Kier alpha value is -1.55. The summed E-state index contributed by atoms with van der Waals surface area (Å²) in [6.07, 6.45) is 2.20. The molecule has 2 rings (SSSR count). The zero-order valence-electron chi connectivity index (χ0n) is 11.5. The van der Waals surface area contributed by atoms with Crippen molar-refractivity contribution >= 4 is 5.91 Å². The Morgan fingerprint density at radius 1 is 1.53 bits per heavy atom. The van der Waals surface area contributed by atoms with Crippen molar-refractivity contribution in [1.29, 1.82) is 0 Å². The monoisotopic (exact) mass is 263 g/mol. The average molecular weight is 263 g/mol. The largest absolute Gasteiger partial charge is 0.507 e. The Morgan fingerprint density at radius 3 is 3.05 bits per heavy atom. The van der Waals surface area contributed by atoms with E-state index in [-0.39, 0.29) is 17.8 Å². The van der Waals surface area contributed by atoms with Gasteiger partial charge in [-0.15, -0.1) is 0 Å². The third-order valence-electron chi connectivity index (χ3n) is 3.76. The van der Waals surface area contributed by atoms with Crippen LogP contribution in [0, 0.1) is 12.8 Å². The van der Waals surface area contributed by atoms with Crippen LogP contribution in [0.3, 0.4) is 0 Å². The summed E-state index contributed by atoms with van der Waals surface area (Å²) in [6, 6.07) is 5.20. The smallest absolute Gasteiger partial charge is 0.255 e. The first-order valence-electron chi connectivity index (χ1n) is 6.81. The fourth-order valence-electron chi connectivity index (χ4n) is 2.54. The lowest BCUT2D eigenvalue weighted by molar-refractivity contribution is 0.0826. The standard InChI is InChI=1S/C15H21NO3/c1-3-13-11(7-8-19-13)9-16-15(18)12-6-4-5-10(2)14(12)17/h4-6,11,13,17H,3,7-9H2,1-2H3,(H,16,18). The number of benzene rings is 1. The first-order valence-corrected chi connectivity index (χ1v) is 6.81. The van der Waals surface area contributed by atoms with Crippen LogP contribution in [0.4, 0.5) is 0 Å². The summed E-state index contributed by atoms with van der Waals surface area (Å²) in [6.45, 7) is 5.25. The summed E-state index contributed by atoms with van der Waals surface area (Å²) in [5, 5.41) is 12.8. The number of rotatable bonds is 4. The molecule has 0 aromatic heterocycles. The summed E-state index contributed by atoms with van der Waals surface area (Å²) < 4.78 is 5.59. The number of ether oxygens (including phenoxy) is 1. The van der Waals surface area contributed by atoms with Gasteiger partial charge in [0.2, 0.25) is 0 Å². The van der Waals surface area contributed by atoms with Crippen LogP contribution in [0.15, 0.2) is 18.2 Å². The third-order valence-corrected chi connectivity index (χ3v) is 3.76. The van der Waals surface area contributed by atoms with Crippen molar-refractivity contribution in [3.63, 3.8) is 0 Å². The van der Waals surface area contributed by atoms with Crippen LogP contribution in [0.5, 0.6) is 5.75 Å². The Labute approximate surface area is 113 Å². The molecule has 1 aromatic rings. The topological polar surface area (TPSA) is 58.6 Å². The van der Waals surface area contributed by atoms with E-state index in [1.165, 1.54) is 0 Å². The van der Waals surface area contributed by atoms with Gasteiger partial charge in [-0.2, -0.15) is 0 Å². The number of carbonyl (C=O) groups is 1. The van der Waals surface area contributed by atoms with Gasteiger partial charge in [-0.1, -0.05) is 19.1 Å². The summed E-state index contributed by atoms with van der Waals surface area (Å²) in [4.78, 5) is 12.1. The lowest BCUT2D eigenvalue weighted by atomic mass is 9.99. The number of phenols is 1. The molecule has 1 heterocycles. The first-order chi connectivity index (χ1) is 9.13. The van der Waals surface area contributed by atoms with E-state index < -0.39 is 0 Å². The summed E-state index contributed by atoms with van der Waals surface area (Å²) in [5.41, 5.74) is 1.05. The molecule has 2 N–H and O–H groups in total. The number of para-hydroxylation sites is 1. The SMILES string of the molecule is CCC1OCCC1CNC(=O)c1cccc(C)c1O.